The number of likely N-dealkylation sites (N-methyl/N-ethyl adjacent to an activating group) is 1. The second-order valence-electron chi connectivity index (χ2n) is 4.26. The van der Waals surface area contributed by atoms with Crippen LogP contribution < -0.4 is 10.2 Å². The highest BCUT2D eigenvalue weighted by Gasteiger charge is 2.05. The third kappa shape index (κ3) is 3.84. The highest BCUT2D eigenvalue weighted by Crippen LogP contribution is 2.10. The first-order valence-electron chi connectivity index (χ1n) is 6.31. The normalized spacial score (nSPS) is 10.8. The maximum absolute atomic E-state index is 4.97. The number of nitrogens with zero attached hydrogens (tertiary/aromatic N) is 4. The van der Waals surface area contributed by atoms with Gasteiger partial charge in [-0.3, -0.25) is 0 Å². The van der Waals surface area contributed by atoms with Gasteiger partial charge < -0.3 is 15.0 Å². The summed E-state index contributed by atoms with van der Waals surface area (Å²) in [4.78, 5) is 6.48. The van der Waals surface area contributed by atoms with E-state index in [4.69, 9.17) is 4.74 Å². The highest BCUT2D eigenvalue weighted by molar-refractivity contribution is 5.74. The molecule has 6 nitrogen and oxygen atoms in total. The lowest BCUT2D eigenvalue weighted by Gasteiger charge is -2.16. The fourth-order valence-corrected chi connectivity index (χ4v) is 1.68. The SMILES string of the molecule is COCCNCCN(C)c1nnc2ccccc2n1. The molecule has 19 heavy (non-hydrogen) atoms. The lowest BCUT2D eigenvalue weighted by atomic mass is 10.3. The topological polar surface area (TPSA) is 63.2 Å². The van der Waals surface area contributed by atoms with Gasteiger partial charge in [0.15, 0.2) is 0 Å². The molecule has 1 N–H and O–H groups in total. The van der Waals surface area contributed by atoms with Crippen molar-refractivity contribution in [2.24, 2.45) is 0 Å². The van der Waals surface area contributed by atoms with E-state index in [1.54, 1.807) is 7.11 Å². The van der Waals surface area contributed by atoms with Crippen molar-refractivity contribution in [2.75, 3.05) is 45.3 Å². The van der Waals surface area contributed by atoms with Crippen LogP contribution in [0, 0.1) is 0 Å². The molecule has 1 heterocycles. The zero-order valence-corrected chi connectivity index (χ0v) is 11.3. The van der Waals surface area contributed by atoms with Gasteiger partial charge in [0, 0.05) is 33.8 Å². The molecular weight excluding hydrogens is 242 g/mol. The Morgan fingerprint density at radius 3 is 2.74 bits per heavy atom. The van der Waals surface area contributed by atoms with Gasteiger partial charge in [0.25, 0.3) is 0 Å². The second kappa shape index (κ2) is 6.96. The van der Waals surface area contributed by atoms with Gasteiger partial charge in [-0.2, -0.15) is 0 Å². The van der Waals surface area contributed by atoms with Crippen LogP contribution in [0.1, 0.15) is 0 Å². The van der Waals surface area contributed by atoms with Gasteiger partial charge in [0.05, 0.1) is 12.1 Å². The maximum atomic E-state index is 4.97. The van der Waals surface area contributed by atoms with Gasteiger partial charge in [-0.05, 0) is 12.1 Å². The molecule has 102 valence electrons. The number of fused-ring (bicyclic) bond motifs is 1. The number of benzene rings is 1. The first-order chi connectivity index (χ1) is 9.31. The predicted molar refractivity (Wildman–Crippen MR) is 75.3 cm³/mol. The summed E-state index contributed by atoms with van der Waals surface area (Å²) in [5, 5.41) is 11.6. The summed E-state index contributed by atoms with van der Waals surface area (Å²) in [7, 11) is 3.66. The quantitative estimate of drug-likeness (QED) is 0.740. The van der Waals surface area contributed by atoms with Crippen LogP contribution in [0.4, 0.5) is 5.95 Å². The van der Waals surface area contributed by atoms with Crippen molar-refractivity contribution in [3.8, 4) is 0 Å². The zero-order chi connectivity index (χ0) is 13.5. The molecular formula is C13H19N5O. The molecule has 0 aliphatic heterocycles. The number of ether oxygens (including phenoxy) is 1. The molecule has 1 aromatic carbocycles. The lowest BCUT2D eigenvalue weighted by Crippen LogP contribution is -2.31. The average Bonchev–Trinajstić information content (AvgIpc) is 2.46. The molecule has 2 rings (SSSR count). The van der Waals surface area contributed by atoms with E-state index < -0.39 is 0 Å². The summed E-state index contributed by atoms with van der Waals surface area (Å²) in [6.07, 6.45) is 0. The number of anilines is 1. The number of rotatable bonds is 7. The van der Waals surface area contributed by atoms with E-state index in [2.05, 4.69) is 20.5 Å². The van der Waals surface area contributed by atoms with Gasteiger partial charge >= 0.3 is 0 Å². The molecule has 0 unspecified atom stereocenters. The smallest absolute Gasteiger partial charge is 0.245 e. The first-order valence-corrected chi connectivity index (χ1v) is 6.31. The number of para-hydroxylation sites is 1. The molecule has 1 aromatic heterocycles. The van der Waals surface area contributed by atoms with E-state index in [1.165, 1.54) is 0 Å². The van der Waals surface area contributed by atoms with E-state index in [1.807, 2.05) is 36.2 Å². The highest BCUT2D eigenvalue weighted by atomic mass is 16.5. The Labute approximate surface area is 112 Å². The van der Waals surface area contributed by atoms with Gasteiger partial charge in [-0.15, -0.1) is 10.2 Å². The van der Waals surface area contributed by atoms with Gasteiger partial charge in [0.1, 0.15) is 5.52 Å². The predicted octanol–water partition coefficient (Wildman–Crippen LogP) is 0.697. The summed E-state index contributed by atoms with van der Waals surface area (Å²) < 4.78 is 4.97. The number of hydrogen-bond donors (Lipinski definition) is 1. The summed E-state index contributed by atoms with van der Waals surface area (Å²) in [6.45, 7) is 3.25. The first kappa shape index (κ1) is 13.6. The van der Waals surface area contributed by atoms with Crippen LogP contribution in [-0.2, 0) is 4.74 Å². The third-order valence-corrected chi connectivity index (χ3v) is 2.80. The molecule has 0 aliphatic rings. The monoisotopic (exact) mass is 261 g/mol. The molecule has 0 amide bonds. The summed E-state index contributed by atoms with van der Waals surface area (Å²) >= 11 is 0. The van der Waals surface area contributed by atoms with E-state index in [-0.39, 0.29) is 0 Å². The van der Waals surface area contributed by atoms with Crippen molar-refractivity contribution in [3.63, 3.8) is 0 Å². The second-order valence-corrected chi connectivity index (χ2v) is 4.26. The van der Waals surface area contributed by atoms with Crippen LogP contribution in [-0.4, -0.2) is 55.6 Å². The van der Waals surface area contributed by atoms with Crippen LogP contribution in [0.15, 0.2) is 24.3 Å². The van der Waals surface area contributed by atoms with Crippen LogP contribution in [0.5, 0.6) is 0 Å². The Morgan fingerprint density at radius 2 is 1.95 bits per heavy atom. The van der Waals surface area contributed by atoms with Gasteiger partial charge in [-0.25, -0.2) is 4.98 Å². The maximum Gasteiger partial charge on any atom is 0.245 e. The largest absolute Gasteiger partial charge is 0.383 e. The molecule has 2 aromatic rings. The Hall–Kier alpha value is -1.79. The van der Waals surface area contributed by atoms with Crippen molar-refractivity contribution < 1.29 is 4.74 Å². The Balaban J connectivity index is 1.91. The third-order valence-electron chi connectivity index (χ3n) is 2.80. The van der Waals surface area contributed by atoms with Crippen LogP contribution >= 0.6 is 0 Å². The number of nitrogens with one attached hydrogen (secondary N) is 1. The van der Waals surface area contributed by atoms with Crippen LogP contribution in [0.2, 0.25) is 0 Å². The van der Waals surface area contributed by atoms with Crippen LogP contribution in [0.25, 0.3) is 11.0 Å². The molecule has 0 atom stereocenters. The summed E-state index contributed by atoms with van der Waals surface area (Å²) in [5.74, 6) is 0.646. The molecule has 6 heteroatoms. The standard InChI is InChI=1S/C13H19N5O/c1-18(9-7-14-8-10-19-2)13-15-11-5-3-4-6-12(11)16-17-13/h3-6,14H,7-10H2,1-2H3. The zero-order valence-electron chi connectivity index (χ0n) is 11.3. The molecule has 0 fully saturated rings. The fraction of sp³-hybridized carbons (Fsp3) is 0.462. The number of methoxy groups -OCH3 is 1. The van der Waals surface area contributed by atoms with Crippen molar-refractivity contribution >= 4 is 17.0 Å². The minimum Gasteiger partial charge on any atom is -0.383 e. The van der Waals surface area contributed by atoms with Crippen molar-refractivity contribution in [1.82, 2.24) is 20.5 Å². The van der Waals surface area contributed by atoms with Gasteiger partial charge in [-0.1, -0.05) is 12.1 Å². The summed E-state index contributed by atoms with van der Waals surface area (Å²) in [6, 6.07) is 7.73. The van der Waals surface area contributed by atoms with Crippen LogP contribution in [0.3, 0.4) is 0 Å². The average molecular weight is 261 g/mol. The van der Waals surface area contributed by atoms with E-state index in [0.717, 1.165) is 37.3 Å². The van der Waals surface area contributed by atoms with Crippen molar-refractivity contribution in [3.05, 3.63) is 24.3 Å². The van der Waals surface area contributed by atoms with E-state index >= 15 is 0 Å². The molecule has 0 saturated heterocycles. The molecule has 0 spiro atoms. The minimum atomic E-state index is 0.646. The molecule has 0 aliphatic carbocycles. The van der Waals surface area contributed by atoms with Crippen molar-refractivity contribution in [2.45, 2.75) is 0 Å². The van der Waals surface area contributed by atoms with E-state index in [0.29, 0.717) is 5.95 Å². The Morgan fingerprint density at radius 1 is 1.16 bits per heavy atom. The van der Waals surface area contributed by atoms with Crippen molar-refractivity contribution in [1.29, 1.82) is 0 Å². The molecule has 0 bridgehead atoms. The Bertz CT molecular complexity index is 519. The van der Waals surface area contributed by atoms with Gasteiger partial charge in [0.2, 0.25) is 5.95 Å². The number of aromatic nitrogens is 3. The molecule has 0 saturated carbocycles. The molecule has 0 radical (unpaired) electrons. The number of hydrogen-bond acceptors (Lipinski definition) is 6. The lowest BCUT2D eigenvalue weighted by molar-refractivity contribution is 0.200. The fourth-order valence-electron chi connectivity index (χ4n) is 1.68. The Kier molecular flexibility index (Phi) is 5.00. The van der Waals surface area contributed by atoms with E-state index in [9.17, 15) is 0 Å². The summed E-state index contributed by atoms with van der Waals surface area (Å²) in [5.41, 5.74) is 1.68. The minimum absolute atomic E-state index is 0.646.